The second kappa shape index (κ2) is 6.35. The Morgan fingerprint density at radius 3 is 2.47 bits per heavy atom. The van der Waals surface area contributed by atoms with Crippen molar-refractivity contribution < 1.29 is 9.18 Å². The predicted octanol–water partition coefficient (Wildman–Crippen LogP) is 2.38. The van der Waals surface area contributed by atoms with Crippen molar-refractivity contribution in [1.82, 2.24) is 10.2 Å². The van der Waals surface area contributed by atoms with Crippen LogP contribution in [0.15, 0.2) is 18.2 Å². The van der Waals surface area contributed by atoms with Gasteiger partial charge in [0.05, 0.1) is 5.56 Å². The van der Waals surface area contributed by atoms with Crippen molar-refractivity contribution in [3.63, 3.8) is 0 Å². The Kier molecular flexibility index (Phi) is 5.32. The third-order valence-electron chi connectivity index (χ3n) is 3.27. The molecule has 1 aliphatic rings. The van der Waals surface area contributed by atoms with E-state index < -0.39 is 5.82 Å². The lowest BCUT2D eigenvalue weighted by atomic mass is 10.1. The topological polar surface area (TPSA) is 32.3 Å². The van der Waals surface area contributed by atoms with E-state index in [9.17, 15) is 9.18 Å². The maximum atomic E-state index is 13.9. The Morgan fingerprint density at radius 1 is 1.32 bits per heavy atom. The molecule has 1 N–H and O–H groups in total. The number of piperazine rings is 1. The smallest absolute Gasteiger partial charge is 0.256 e. The molecule has 1 saturated heterocycles. The lowest BCUT2D eigenvalue weighted by Gasteiger charge is -2.36. The number of hydrogen-bond donors (Lipinski definition) is 1. The van der Waals surface area contributed by atoms with Gasteiger partial charge in [-0.1, -0.05) is 12.1 Å². The summed E-state index contributed by atoms with van der Waals surface area (Å²) in [7, 11) is 0. The zero-order valence-corrected chi connectivity index (χ0v) is 12.3. The third kappa shape index (κ3) is 3.45. The number of benzene rings is 1. The van der Waals surface area contributed by atoms with Gasteiger partial charge >= 0.3 is 0 Å². The SMILES string of the molecule is Cc1cccc(C(=O)N2CC(C)NC(C)C2)c1F.Cl. The number of aryl methyl sites for hydroxylation is 1. The molecule has 0 bridgehead atoms. The Morgan fingerprint density at radius 2 is 1.89 bits per heavy atom. The van der Waals surface area contributed by atoms with Crippen LogP contribution in [0.2, 0.25) is 0 Å². The highest BCUT2D eigenvalue weighted by atomic mass is 35.5. The molecule has 1 aromatic rings. The first-order valence-corrected chi connectivity index (χ1v) is 6.29. The molecule has 5 heteroatoms. The third-order valence-corrected chi connectivity index (χ3v) is 3.27. The van der Waals surface area contributed by atoms with Gasteiger partial charge in [0.15, 0.2) is 0 Å². The lowest BCUT2D eigenvalue weighted by Crippen LogP contribution is -2.55. The number of hydrogen-bond acceptors (Lipinski definition) is 2. The van der Waals surface area contributed by atoms with Crippen molar-refractivity contribution in [2.75, 3.05) is 13.1 Å². The molecule has 2 rings (SSSR count). The number of nitrogens with zero attached hydrogens (tertiary/aromatic N) is 1. The molecular formula is C14H20ClFN2O. The van der Waals surface area contributed by atoms with Crippen molar-refractivity contribution in [2.45, 2.75) is 32.9 Å². The summed E-state index contributed by atoms with van der Waals surface area (Å²) in [4.78, 5) is 14.0. The number of carbonyl (C=O) groups excluding carboxylic acids is 1. The average Bonchev–Trinajstić information content (AvgIpc) is 2.30. The van der Waals surface area contributed by atoms with Crippen LogP contribution in [0.5, 0.6) is 0 Å². The molecule has 1 aliphatic heterocycles. The van der Waals surface area contributed by atoms with E-state index in [4.69, 9.17) is 0 Å². The van der Waals surface area contributed by atoms with Gasteiger partial charge in [0, 0.05) is 25.2 Å². The van der Waals surface area contributed by atoms with Crippen molar-refractivity contribution in [3.8, 4) is 0 Å². The van der Waals surface area contributed by atoms with E-state index >= 15 is 0 Å². The predicted molar refractivity (Wildman–Crippen MR) is 76.3 cm³/mol. The first kappa shape index (κ1) is 15.9. The number of nitrogens with one attached hydrogen (secondary N) is 1. The molecule has 1 aromatic carbocycles. The van der Waals surface area contributed by atoms with Gasteiger partial charge in [0.1, 0.15) is 5.82 Å². The largest absolute Gasteiger partial charge is 0.335 e. The summed E-state index contributed by atoms with van der Waals surface area (Å²) in [6.07, 6.45) is 0. The van der Waals surface area contributed by atoms with E-state index in [-0.39, 0.29) is 36.0 Å². The van der Waals surface area contributed by atoms with Crippen LogP contribution in [-0.4, -0.2) is 36.0 Å². The zero-order chi connectivity index (χ0) is 13.3. The van der Waals surface area contributed by atoms with Gasteiger partial charge in [-0.15, -0.1) is 12.4 Å². The Hall–Kier alpha value is -1.13. The van der Waals surface area contributed by atoms with Gasteiger partial charge < -0.3 is 10.2 Å². The highest BCUT2D eigenvalue weighted by Gasteiger charge is 2.27. The molecular weight excluding hydrogens is 267 g/mol. The van der Waals surface area contributed by atoms with E-state index in [1.807, 2.05) is 13.8 Å². The van der Waals surface area contributed by atoms with Crippen molar-refractivity contribution in [3.05, 3.63) is 35.1 Å². The van der Waals surface area contributed by atoms with E-state index in [0.717, 1.165) is 0 Å². The van der Waals surface area contributed by atoms with Crippen molar-refractivity contribution in [2.24, 2.45) is 0 Å². The Balaban J connectivity index is 0.00000180. The highest BCUT2D eigenvalue weighted by molar-refractivity contribution is 5.94. The fraction of sp³-hybridized carbons (Fsp3) is 0.500. The Bertz CT molecular complexity index is 457. The molecule has 3 nitrogen and oxygen atoms in total. The summed E-state index contributed by atoms with van der Waals surface area (Å²) >= 11 is 0. The number of amides is 1. The summed E-state index contributed by atoms with van der Waals surface area (Å²) in [5.74, 6) is -0.613. The minimum atomic E-state index is -0.402. The molecule has 0 aliphatic carbocycles. The van der Waals surface area contributed by atoms with Gasteiger partial charge in [-0.3, -0.25) is 4.79 Å². The van der Waals surface area contributed by atoms with Crippen LogP contribution in [-0.2, 0) is 0 Å². The highest BCUT2D eigenvalue weighted by Crippen LogP contribution is 2.16. The minimum Gasteiger partial charge on any atom is -0.335 e. The minimum absolute atomic E-state index is 0. The van der Waals surface area contributed by atoms with Gasteiger partial charge in [-0.2, -0.15) is 0 Å². The van der Waals surface area contributed by atoms with Crippen LogP contribution in [0, 0.1) is 12.7 Å². The molecule has 1 amide bonds. The van der Waals surface area contributed by atoms with Crippen LogP contribution in [0.4, 0.5) is 4.39 Å². The van der Waals surface area contributed by atoms with E-state index in [0.29, 0.717) is 18.7 Å². The first-order chi connectivity index (χ1) is 8.49. The quantitative estimate of drug-likeness (QED) is 0.860. The van der Waals surface area contributed by atoms with Gasteiger partial charge in [-0.25, -0.2) is 4.39 Å². The van der Waals surface area contributed by atoms with Gasteiger partial charge in [-0.05, 0) is 32.4 Å². The first-order valence-electron chi connectivity index (χ1n) is 6.29. The normalized spacial score (nSPS) is 22.8. The molecule has 0 saturated carbocycles. The molecule has 2 unspecified atom stereocenters. The summed E-state index contributed by atoms with van der Waals surface area (Å²) < 4.78 is 13.9. The molecule has 2 atom stereocenters. The number of rotatable bonds is 1. The Labute approximate surface area is 119 Å². The van der Waals surface area contributed by atoms with Crippen LogP contribution >= 0.6 is 12.4 Å². The molecule has 1 heterocycles. The second-order valence-electron chi connectivity index (χ2n) is 5.12. The lowest BCUT2D eigenvalue weighted by molar-refractivity contribution is 0.0669. The van der Waals surface area contributed by atoms with Crippen LogP contribution in [0.3, 0.4) is 0 Å². The summed E-state index contributed by atoms with van der Waals surface area (Å²) in [6, 6.07) is 5.44. The van der Waals surface area contributed by atoms with Gasteiger partial charge in [0.2, 0.25) is 0 Å². The monoisotopic (exact) mass is 286 g/mol. The van der Waals surface area contributed by atoms with Crippen LogP contribution in [0.1, 0.15) is 29.8 Å². The van der Waals surface area contributed by atoms with Crippen LogP contribution < -0.4 is 5.32 Å². The fourth-order valence-electron chi connectivity index (χ4n) is 2.48. The van der Waals surface area contributed by atoms with E-state index in [1.54, 1.807) is 30.0 Å². The molecule has 0 spiro atoms. The van der Waals surface area contributed by atoms with Gasteiger partial charge in [0.25, 0.3) is 5.91 Å². The van der Waals surface area contributed by atoms with Crippen molar-refractivity contribution in [1.29, 1.82) is 0 Å². The summed E-state index contributed by atoms with van der Waals surface area (Å²) in [6.45, 7) is 6.98. The average molecular weight is 287 g/mol. The molecule has 106 valence electrons. The molecule has 0 aromatic heterocycles. The zero-order valence-electron chi connectivity index (χ0n) is 11.4. The molecule has 0 radical (unpaired) electrons. The maximum absolute atomic E-state index is 13.9. The van der Waals surface area contributed by atoms with E-state index in [1.165, 1.54) is 0 Å². The standard InChI is InChI=1S/C14H19FN2O.ClH/c1-9-5-4-6-12(13(9)15)14(18)17-7-10(2)16-11(3)8-17;/h4-6,10-11,16H,7-8H2,1-3H3;1H. The van der Waals surface area contributed by atoms with Crippen LogP contribution in [0.25, 0.3) is 0 Å². The number of halogens is 2. The molecule has 19 heavy (non-hydrogen) atoms. The van der Waals surface area contributed by atoms with Crippen molar-refractivity contribution >= 4 is 18.3 Å². The summed E-state index contributed by atoms with van der Waals surface area (Å²) in [5.41, 5.74) is 0.688. The maximum Gasteiger partial charge on any atom is 0.256 e. The van der Waals surface area contributed by atoms with E-state index in [2.05, 4.69) is 5.32 Å². The summed E-state index contributed by atoms with van der Waals surface area (Å²) in [5, 5.41) is 3.35. The number of carbonyl (C=O) groups is 1. The molecule has 1 fully saturated rings. The fourth-order valence-corrected chi connectivity index (χ4v) is 2.48. The second-order valence-corrected chi connectivity index (χ2v) is 5.12.